The number of pyridine rings is 1. The lowest BCUT2D eigenvalue weighted by Crippen LogP contribution is -2.44. The summed E-state index contributed by atoms with van der Waals surface area (Å²) >= 11 is 0. The van der Waals surface area contributed by atoms with Gasteiger partial charge in [-0.05, 0) is 66.4 Å². The highest BCUT2D eigenvalue weighted by Crippen LogP contribution is 2.39. The molecule has 1 spiro atoms. The van der Waals surface area contributed by atoms with Gasteiger partial charge in [-0.2, -0.15) is 0 Å². The van der Waals surface area contributed by atoms with Gasteiger partial charge in [-0.1, -0.05) is 44.2 Å². The molecule has 2 aliphatic heterocycles. The number of likely N-dealkylation sites (tertiary alicyclic amines) is 2. The summed E-state index contributed by atoms with van der Waals surface area (Å²) in [6, 6.07) is 13.5. The van der Waals surface area contributed by atoms with Crippen molar-refractivity contribution in [3.8, 4) is 0 Å². The van der Waals surface area contributed by atoms with E-state index in [9.17, 15) is 0 Å². The van der Waals surface area contributed by atoms with E-state index in [4.69, 9.17) is 0 Å². The molecule has 2 fully saturated rings. The van der Waals surface area contributed by atoms with Gasteiger partial charge in [-0.3, -0.25) is 14.8 Å². The van der Waals surface area contributed by atoms with E-state index in [1.807, 2.05) is 18.5 Å². The van der Waals surface area contributed by atoms with Gasteiger partial charge in [-0.25, -0.2) is 0 Å². The lowest BCUT2D eigenvalue weighted by molar-refractivity contribution is 0.0866. The van der Waals surface area contributed by atoms with Gasteiger partial charge in [0.15, 0.2) is 0 Å². The lowest BCUT2D eigenvalue weighted by Gasteiger charge is -2.40. The molecule has 0 aliphatic carbocycles. The molecule has 3 nitrogen and oxygen atoms in total. The molecule has 2 aromatic rings. The van der Waals surface area contributed by atoms with Gasteiger partial charge in [-0.15, -0.1) is 0 Å². The van der Waals surface area contributed by atoms with Crippen LogP contribution in [0.3, 0.4) is 0 Å². The summed E-state index contributed by atoms with van der Waals surface area (Å²) < 4.78 is 0. The molecule has 0 amide bonds. The molecule has 27 heavy (non-hydrogen) atoms. The minimum atomic E-state index is 0.498. The van der Waals surface area contributed by atoms with Crippen molar-refractivity contribution in [3.05, 3.63) is 65.5 Å². The van der Waals surface area contributed by atoms with E-state index >= 15 is 0 Å². The molecule has 0 radical (unpaired) electrons. The molecular weight excluding hydrogens is 330 g/mol. The summed E-state index contributed by atoms with van der Waals surface area (Å²) in [6.07, 6.45) is 7.95. The molecule has 3 heterocycles. The van der Waals surface area contributed by atoms with Crippen molar-refractivity contribution < 1.29 is 0 Å². The molecule has 1 aromatic carbocycles. The summed E-state index contributed by atoms with van der Waals surface area (Å²) in [5.41, 5.74) is 4.74. The van der Waals surface area contributed by atoms with Gasteiger partial charge < -0.3 is 0 Å². The van der Waals surface area contributed by atoms with E-state index in [1.54, 1.807) is 0 Å². The Morgan fingerprint density at radius 1 is 0.926 bits per heavy atom. The lowest BCUT2D eigenvalue weighted by atomic mass is 9.79. The minimum Gasteiger partial charge on any atom is -0.298 e. The Labute approximate surface area is 164 Å². The second-order valence-electron chi connectivity index (χ2n) is 9.03. The Bertz CT molecular complexity index is 725. The highest BCUT2D eigenvalue weighted by atomic mass is 15.2. The summed E-state index contributed by atoms with van der Waals surface area (Å²) in [7, 11) is 0. The van der Waals surface area contributed by atoms with Crippen LogP contribution >= 0.6 is 0 Å². The monoisotopic (exact) mass is 363 g/mol. The first-order chi connectivity index (χ1) is 13.1. The third-order valence-electron chi connectivity index (χ3n) is 6.44. The third-order valence-corrected chi connectivity index (χ3v) is 6.44. The minimum absolute atomic E-state index is 0.498. The topological polar surface area (TPSA) is 19.4 Å². The highest BCUT2D eigenvalue weighted by molar-refractivity contribution is 5.24. The molecule has 2 aliphatic rings. The van der Waals surface area contributed by atoms with Crippen LogP contribution in [0.2, 0.25) is 0 Å². The van der Waals surface area contributed by atoms with Crippen LogP contribution in [-0.2, 0) is 13.1 Å². The molecule has 1 atom stereocenters. The molecule has 0 bridgehead atoms. The van der Waals surface area contributed by atoms with Crippen molar-refractivity contribution in [2.24, 2.45) is 5.41 Å². The average molecular weight is 364 g/mol. The maximum Gasteiger partial charge on any atom is 0.0312 e. The average Bonchev–Trinajstić information content (AvgIpc) is 3.04. The van der Waals surface area contributed by atoms with Gasteiger partial charge in [0.1, 0.15) is 0 Å². The van der Waals surface area contributed by atoms with Crippen LogP contribution in [0.1, 0.15) is 55.7 Å². The second kappa shape index (κ2) is 8.12. The van der Waals surface area contributed by atoms with E-state index in [1.165, 1.54) is 62.1 Å². The molecule has 1 aromatic heterocycles. The van der Waals surface area contributed by atoms with E-state index in [2.05, 4.69) is 59.0 Å². The first-order valence-electron chi connectivity index (χ1n) is 10.5. The Balaban J connectivity index is 1.35. The number of rotatable bonds is 5. The molecule has 144 valence electrons. The van der Waals surface area contributed by atoms with Crippen LogP contribution in [0.4, 0.5) is 0 Å². The SMILES string of the molecule is CC(C)c1ccc(CN2CCCC3(CCN(Cc4cccnc4)C3)C2)cc1. The van der Waals surface area contributed by atoms with Gasteiger partial charge in [0.2, 0.25) is 0 Å². The fourth-order valence-corrected chi connectivity index (χ4v) is 4.96. The number of hydrogen-bond donors (Lipinski definition) is 0. The first-order valence-corrected chi connectivity index (χ1v) is 10.5. The fourth-order valence-electron chi connectivity index (χ4n) is 4.96. The first kappa shape index (κ1) is 18.6. The molecule has 2 saturated heterocycles. The summed E-state index contributed by atoms with van der Waals surface area (Å²) in [4.78, 5) is 9.60. The second-order valence-corrected chi connectivity index (χ2v) is 9.03. The molecule has 3 heteroatoms. The maximum atomic E-state index is 4.27. The Morgan fingerprint density at radius 2 is 1.67 bits per heavy atom. The van der Waals surface area contributed by atoms with Crippen molar-refractivity contribution >= 4 is 0 Å². The highest BCUT2D eigenvalue weighted by Gasteiger charge is 2.41. The number of benzene rings is 1. The largest absolute Gasteiger partial charge is 0.298 e. The third kappa shape index (κ3) is 4.59. The zero-order valence-electron chi connectivity index (χ0n) is 16.9. The van der Waals surface area contributed by atoms with Crippen molar-refractivity contribution in [3.63, 3.8) is 0 Å². The van der Waals surface area contributed by atoms with Crippen molar-refractivity contribution in [1.29, 1.82) is 0 Å². The van der Waals surface area contributed by atoms with Gasteiger partial charge in [0, 0.05) is 38.6 Å². The van der Waals surface area contributed by atoms with Crippen molar-refractivity contribution in [2.75, 3.05) is 26.2 Å². The number of aromatic nitrogens is 1. The number of nitrogens with zero attached hydrogens (tertiary/aromatic N) is 3. The van der Waals surface area contributed by atoms with E-state index in [0.717, 1.165) is 13.1 Å². The molecule has 0 saturated carbocycles. The van der Waals surface area contributed by atoms with Crippen LogP contribution in [0, 0.1) is 5.41 Å². The smallest absolute Gasteiger partial charge is 0.0312 e. The molecular formula is C24H33N3. The van der Waals surface area contributed by atoms with Crippen molar-refractivity contribution in [2.45, 2.75) is 52.1 Å². The Kier molecular flexibility index (Phi) is 5.60. The molecule has 4 rings (SSSR count). The summed E-state index contributed by atoms with van der Waals surface area (Å²) in [6.45, 7) is 11.6. The van der Waals surface area contributed by atoms with Gasteiger partial charge in [0.25, 0.3) is 0 Å². The van der Waals surface area contributed by atoms with Crippen molar-refractivity contribution in [1.82, 2.24) is 14.8 Å². The van der Waals surface area contributed by atoms with Crippen LogP contribution in [-0.4, -0.2) is 41.0 Å². The van der Waals surface area contributed by atoms with E-state index in [-0.39, 0.29) is 0 Å². The Hall–Kier alpha value is -1.71. The quantitative estimate of drug-likeness (QED) is 0.768. The van der Waals surface area contributed by atoms with Gasteiger partial charge in [0.05, 0.1) is 0 Å². The normalized spacial score (nSPS) is 24.1. The van der Waals surface area contributed by atoms with Crippen LogP contribution in [0.5, 0.6) is 0 Å². The fraction of sp³-hybridized carbons (Fsp3) is 0.542. The van der Waals surface area contributed by atoms with Gasteiger partial charge >= 0.3 is 0 Å². The summed E-state index contributed by atoms with van der Waals surface area (Å²) in [5, 5.41) is 0. The van der Waals surface area contributed by atoms with Crippen LogP contribution in [0.15, 0.2) is 48.8 Å². The number of piperidine rings is 1. The number of hydrogen-bond acceptors (Lipinski definition) is 3. The van der Waals surface area contributed by atoms with E-state index in [0.29, 0.717) is 11.3 Å². The predicted molar refractivity (Wildman–Crippen MR) is 112 cm³/mol. The molecule has 1 unspecified atom stereocenters. The Morgan fingerprint density at radius 3 is 2.37 bits per heavy atom. The molecule has 0 N–H and O–H groups in total. The standard InChI is InChI=1S/C24H33N3/c1-20(2)23-8-6-21(7-9-23)16-26-13-4-10-24(18-26)11-14-27(19-24)17-22-5-3-12-25-15-22/h3,5-9,12,15,20H,4,10-11,13-14,16-19H2,1-2H3. The zero-order chi connectivity index (χ0) is 18.7. The maximum absolute atomic E-state index is 4.27. The van der Waals surface area contributed by atoms with Crippen LogP contribution in [0.25, 0.3) is 0 Å². The van der Waals surface area contributed by atoms with E-state index < -0.39 is 0 Å². The summed E-state index contributed by atoms with van der Waals surface area (Å²) in [5.74, 6) is 0.613. The zero-order valence-corrected chi connectivity index (χ0v) is 16.9. The van der Waals surface area contributed by atoms with Crippen LogP contribution < -0.4 is 0 Å². The predicted octanol–water partition coefficient (Wildman–Crippen LogP) is 4.69.